The summed E-state index contributed by atoms with van der Waals surface area (Å²) in [5, 5.41) is 0. The van der Waals surface area contributed by atoms with E-state index < -0.39 is 6.43 Å². The van der Waals surface area contributed by atoms with Crippen molar-refractivity contribution < 1.29 is 8.78 Å². The molecule has 1 fully saturated rings. The molecule has 1 saturated heterocycles. The third-order valence-electron chi connectivity index (χ3n) is 0.884. The van der Waals surface area contributed by atoms with Crippen LogP contribution in [-0.2, 0) is 0 Å². The van der Waals surface area contributed by atoms with Crippen LogP contribution in [0.5, 0.6) is 0 Å². The van der Waals surface area contributed by atoms with E-state index in [1.54, 1.807) is 11.8 Å². The molecule has 0 unspecified atom stereocenters. The van der Waals surface area contributed by atoms with Gasteiger partial charge in [-0.1, -0.05) is 0 Å². The Morgan fingerprint density at radius 3 is 2.00 bits per heavy atom. The Labute approximate surface area is 45.3 Å². The second-order valence-electron chi connectivity index (χ2n) is 1.45. The van der Waals surface area contributed by atoms with E-state index in [4.69, 9.17) is 0 Å². The maximum absolute atomic E-state index is 11.4. The molecule has 0 N–H and O–H groups in total. The molecule has 7 heavy (non-hydrogen) atoms. The van der Waals surface area contributed by atoms with Crippen LogP contribution in [0.15, 0.2) is 0 Å². The molecule has 1 aliphatic rings. The number of halogens is 2. The molecule has 1 heterocycles. The highest BCUT2D eigenvalue weighted by molar-refractivity contribution is 8.01. The van der Waals surface area contributed by atoms with Crippen LogP contribution in [-0.4, -0.2) is 17.9 Å². The molecule has 3 heteroatoms. The molecule has 1 rings (SSSR count). The van der Waals surface area contributed by atoms with Crippen molar-refractivity contribution in [3.63, 3.8) is 0 Å². The molecule has 1 aliphatic heterocycles. The van der Waals surface area contributed by atoms with E-state index in [1.807, 2.05) is 0 Å². The normalized spacial score (nSPS) is 22.7. The van der Waals surface area contributed by atoms with Gasteiger partial charge in [0.15, 0.2) is 0 Å². The summed E-state index contributed by atoms with van der Waals surface area (Å²) in [5.41, 5.74) is 0. The average Bonchev–Trinajstić information content (AvgIpc) is 1.23. The Bertz CT molecular complexity index is 60.7. The molecule has 0 nitrogen and oxygen atoms in total. The van der Waals surface area contributed by atoms with E-state index in [1.165, 1.54) is 0 Å². The quantitative estimate of drug-likeness (QED) is 0.510. The Kier molecular flexibility index (Phi) is 1.52. The van der Waals surface area contributed by atoms with Crippen molar-refractivity contribution in [3.05, 3.63) is 5.92 Å². The summed E-state index contributed by atoms with van der Waals surface area (Å²) >= 11 is 1.56. The molecular formula is C4H5F2S. The van der Waals surface area contributed by atoms with Crippen LogP contribution < -0.4 is 0 Å². The molecule has 1 radical (unpaired) electrons. The van der Waals surface area contributed by atoms with Gasteiger partial charge in [-0.15, -0.1) is 0 Å². The Balaban J connectivity index is 2.14. The lowest BCUT2D eigenvalue weighted by Gasteiger charge is -2.22. The summed E-state index contributed by atoms with van der Waals surface area (Å²) in [6.07, 6.45) is -2.15. The van der Waals surface area contributed by atoms with Gasteiger partial charge in [0.25, 0.3) is 0 Å². The predicted octanol–water partition coefficient (Wildman–Crippen LogP) is 1.57. The highest BCUT2D eigenvalue weighted by Crippen LogP contribution is 2.31. The zero-order chi connectivity index (χ0) is 5.28. The van der Waals surface area contributed by atoms with Crippen LogP contribution in [0.3, 0.4) is 0 Å². The van der Waals surface area contributed by atoms with Gasteiger partial charge in [0.1, 0.15) is 0 Å². The van der Waals surface area contributed by atoms with Crippen molar-refractivity contribution in [1.82, 2.24) is 0 Å². The fourth-order valence-electron chi connectivity index (χ4n) is 0.346. The summed E-state index contributed by atoms with van der Waals surface area (Å²) < 4.78 is 22.9. The first kappa shape index (κ1) is 5.35. The highest BCUT2D eigenvalue weighted by atomic mass is 32.2. The molecule has 0 bridgehead atoms. The third kappa shape index (κ3) is 1.06. The second kappa shape index (κ2) is 1.99. The number of rotatable bonds is 1. The van der Waals surface area contributed by atoms with E-state index in [9.17, 15) is 8.78 Å². The van der Waals surface area contributed by atoms with Crippen molar-refractivity contribution >= 4 is 11.8 Å². The minimum atomic E-state index is -2.15. The second-order valence-corrected chi connectivity index (χ2v) is 2.44. The zero-order valence-corrected chi connectivity index (χ0v) is 4.47. The van der Waals surface area contributed by atoms with Crippen LogP contribution in [0.4, 0.5) is 8.78 Å². The van der Waals surface area contributed by atoms with Crippen molar-refractivity contribution in [3.8, 4) is 0 Å². The van der Waals surface area contributed by atoms with E-state index >= 15 is 0 Å². The Morgan fingerprint density at radius 1 is 1.43 bits per heavy atom. The maximum Gasteiger partial charge on any atom is 0.246 e. The first-order valence-corrected chi connectivity index (χ1v) is 3.16. The first-order valence-electron chi connectivity index (χ1n) is 2.01. The number of thioether (sulfide) groups is 1. The summed E-state index contributed by atoms with van der Waals surface area (Å²) in [4.78, 5) is 0. The minimum Gasteiger partial charge on any atom is -0.210 e. The van der Waals surface area contributed by atoms with E-state index in [0.717, 1.165) is 0 Å². The lowest BCUT2D eigenvalue weighted by atomic mass is 10.2. The molecule has 0 saturated carbocycles. The van der Waals surface area contributed by atoms with Crippen LogP contribution in [0.1, 0.15) is 0 Å². The van der Waals surface area contributed by atoms with E-state index in [2.05, 4.69) is 0 Å². The maximum atomic E-state index is 11.4. The molecular weight excluding hydrogens is 118 g/mol. The molecule has 0 aliphatic carbocycles. The molecule has 41 valence electrons. The lowest BCUT2D eigenvalue weighted by Crippen LogP contribution is -2.22. The number of hydrogen-bond donors (Lipinski definition) is 0. The monoisotopic (exact) mass is 123 g/mol. The van der Waals surface area contributed by atoms with Crippen LogP contribution in [0.25, 0.3) is 0 Å². The molecule has 0 aromatic rings. The molecule has 0 spiro atoms. The van der Waals surface area contributed by atoms with Crippen LogP contribution in [0, 0.1) is 5.92 Å². The Morgan fingerprint density at radius 2 is 2.00 bits per heavy atom. The van der Waals surface area contributed by atoms with E-state index in [-0.39, 0.29) is 0 Å². The van der Waals surface area contributed by atoms with Gasteiger partial charge in [0.05, 0.1) is 5.92 Å². The minimum absolute atomic E-state index is 0.407. The lowest BCUT2D eigenvalue weighted by molar-refractivity contribution is 0.164. The van der Waals surface area contributed by atoms with Crippen LogP contribution >= 0.6 is 11.8 Å². The van der Waals surface area contributed by atoms with Gasteiger partial charge in [-0.05, 0) is 0 Å². The SMILES string of the molecule is FC(F)[C]1CSC1. The standard InChI is InChI=1S/C4H5F2S/c5-4(6)3-1-7-2-3/h4H,1-2H2. The van der Waals surface area contributed by atoms with Gasteiger partial charge in [-0.2, -0.15) is 11.8 Å². The first-order chi connectivity index (χ1) is 3.30. The number of hydrogen-bond acceptors (Lipinski definition) is 1. The molecule has 0 aromatic heterocycles. The van der Waals surface area contributed by atoms with Crippen molar-refractivity contribution in [1.29, 1.82) is 0 Å². The van der Waals surface area contributed by atoms with Gasteiger partial charge in [-0.3, -0.25) is 0 Å². The van der Waals surface area contributed by atoms with Crippen LogP contribution in [0.2, 0.25) is 0 Å². The summed E-state index contributed by atoms with van der Waals surface area (Å²) in [6.45, 7) is 0. The number of alkyl halides is 2. The van der Waals surface area contributed by atoms with Gasteiger partial charge in [0, 0.05) is 11.5 Å². The van der Waals surface area contributed by atoms with E-state index in [0.29, 0.717) is 17.4 Å². The van der Waals surface area contributed by atoms with Gasteiger partial charge >= 0.3 is 0 Å². The summed E-state index contributed by atoms with van der Waals surface area (Å²) in [7, 11) is 0. The highest BCUT2D eigenvalue weighted by Gasteiger charge is 2.27. The average molecular weight is 123 g/mol. The predicted molar refractivity (Wildman–Crippen MR) is 26.6 cm³/mol. The molecule has 0 aromatic carbocycles. The largest absolute Gasteiger partial charge is 0.246 e. The summed E-state index contributed by atoms with van der Waals surface area (Å²) in [6, 6.07) is 0. The van der Waals surface area contributed by atoms with Crippen molar-refractivity contribution in [2.75, 3.05) is 11.5 Å². The van der Waals surface area contributed by atoms with Gasteiger partial charge in [0.2, 0.25) is 6.43 Å². The molecule has 0 atom stereocenters. The van der Waals surface area contributed by atoms with Gasteiger partial charge in [-0.25, -0.2) is 8.78 Å². The van der Waals surface area contributed by atoms with Crippen molar-refractivity contribution in [2.24, 2.45) is 0 Å². The summed E-state index contributed by atoms with van der Waals surface area (Å²) in [5.74, 6) is 1.57. The van der Waals surface area contributed by atoms with Crippen molar-refractivity contribution in [2.45, 2.75) is 6.43 Å². The Hall–Kier alpha value is 0.210. The van der Waals surface area contributed by atoms with Gasteiger partial charge < -0.3 is 0 Å². The fraction of sp³-hybridized carbons (Fsp3) is 0.750. The fourth-order valence-corrected chi connectivity index (χ4v) is 1.04. The third-order valence-corrected chi connectivity index (χ3v) is 2.03. The zero-order valence-electron chi connectivity index (χ0n) is 3.66. The molecule has 0 amide bonds. The smallest absolute Gasteiger partial charge is 0.210 e. The topological polar surface area (TPSA) is 0 Å².